The Kier molecular flexibility index (Phi) is 10.3. The van der Waals surface area contributed by atoms with Gasteiger partial charge in [-0.05, 0) is 73.7 Å². The summed E-state index contributed by atoms with van der Waals surface area (Å²) in [6.45, 7) is 1.72. The van der Waals surface area contributed by atoms with Gasteiger partial charge in [0.05, 0.1) is 11.5 Å². The average Bonchev–Trinajstić information content (AvgIpc) is 2.85. The number of rotatable bonds is 14. The summed E-state index contributed by atoms with van der Waals surface area (Å²) < 4.78 is 45.2. The molecule has 6 nitrogen and oxygen atoms in total. The highest BCUT2D eigenvalue weighted by Crippen LogP contribution is 2.14. The van der Waals surface area contributed by atoms with Gasteiger partial charge in [0.25, 0.3) is 10.0 Å². The maximum absolute atomic E-state index is 13.2. The smallest absolute Gasteiger partial charge is 0.264 e. The molecule has 8 heteroatoms. The zero-order valence-electron chi connectivity index (χ0n) is 19.6. The number of sulfonamides is 1. The number of nitrogens with one attached hydrogen (secondary N) is 2. The van der Waals surface area contributed by atoms with Crippen LogP contribution in [0, 0.1) is 5.82 Å². The molecule has 0 saturated carbocycles. The van der Waals surface area contributed by atoms with E-state index in [4.69, 9.17) is 4.74 Å². The predicted octanol–water partition coefficient (Wildman–Crippen LogP) is 4.25. The van der Waals surface area contributed by atoms with Crippen LogP contribution >= 0.6 is 0 Å². The molecule has 3 aromatic carbocycles. The summed E-state index contributed by atoms with van der Waals surface area (Å²) in [6, 6.07) is 23.0. The molecule has 3 aromatic rings. The number of carbonyl (C=O) groups is 1. The quantitative estimate of drug-likeness (QED) is 0.325. The summed E-state index contributed by atoms with van der Waals surface area (Å²) in [7, 11) is -4.07. The third-order valence-electron chi connectivity index (χ3n) is 5.35. The molecular weight excluding hydrogens is 467 g/mol. The van der Waals surface area contributed by atoms with Crippen LogP contribution in [0.3, 0.4) is 0 Å². The molecular formula is C27H31FN2O4S. The summed E-state index contributed by atoms with van der Waals surface area (Å²) in [6.07, 6.45) is 3.72. The monoisotopic (exact) mass is 498 g/mol. The molecule has 3 rings (SSSR count). The number of ether oxygens (including phenoxy) is 1. The molecule has 1 amide bonds. The van der Waals surface area contributed by atoms with Crippen LogP contribution in [-0.2, 0) is 27.7 Å². The molecule has 0 saturated heterocycles. The number of benzene rings is 3. The Morgan fingerprint density at radius 3 is 2.29 bits per heavy atom. The van der Waals surface area contributed by atoms with E-state index in [0.717, 1.165) is 43.6 Å². The number of amides is 1. The lowest BCUT2D eigenvalue weighted by molar-refractivity contribution is -0.119. The van der Waals surface area contributed by atoms with Gasteiger partial charge in [-0.25, -0.2) is 17.5 Å². The summed E-state index contributed by atoms with van der Waals surface area (Å²) in [5.41, 5.74) is 2.51. The standard InChI is InChI=1S/C27H31FN2O4S/c28-24-11-4-12-26(21-24)35(32,33)30-27(31)17-19-29-18-5-9-23-13-15-25(16-14-23)34-20-6-10-22-7-2-1-3-8-22/h1-4,7-8,11-16,21,29H,5-6,9-10,17-20H2,(H,30,31). The van der Waals surface area contributed by atoms with E-state index in [1.807, 2.05) is 35.1 Å². The molecule has 0 fully saturated rings. The lowest BCUT2D eigenvalue weighted by Gasteiger charge is -2.09. The average molecular weight is 499 g/mol. The van der Waals surface area contributed by atoms with E-state index < -0.39 is 21.7 Å². The molecule has 0 spiro atoms. The minimum Gasteiger partial charge on any atom is -0.494 e. The van der Waals surface area contributed by atoms with Gasteiger partial charge in [0.1, 0.15) is 11.6 Å². The van der Waals surface area contributed by atoms with Gasteiger partial charge < -0.3 is 10.1 Å². The van der Waals surface area contributed by atoms with Crippen molar-refractivity contribution < 1.29 is 22.3 Å². The molecule has 186 valence electrons. The van der Waals surface area contributed by atoms with Crippen LogP contribution in [0.1, 0.15) is 30.4 Å². The fourth-order valence-corrected chi connectivity index (χ4v) is 4.55. The van der Waals surface area contributed by atoms with Crippen molar-refractivity contribution in [2.24, 2.45) is 0 Å². The van der Waals surface area contributed by atoms with E-state index in [1.54, 1.807) is 0 Å². The van der Waals surface area contributed by atoms with Crippen molar-refractivity contribution in [2.45, 2.75) is 37.0 Å². The Morgan fingerprint density at radius 2 is 1.54 bits per heavy atom. The van der Waals surface area contributed by atoms with Crippen molar-refractivity contribution in [1.82, 2.24) is 10.0 Å². The van der Waals surface area contributed by atoms with Gasteiger partial charge in [0, 0.05) is 13.0 Å². The molecule has 0 bridgehead atoms. The van der Waals surface area contributed by atoms with E-state index in [9.17, 15) is 17.6 Å². The Balaban J connectivity index is 1.26. The second kappa shape index (κ2) is 13.6. The lowest BCUT2D eigenvalue weighted by atomic mass is 10.1. The Hall–Kier alpha value is -3.23. The zero-order valence-corrected chi connectivity index (χ0v) is 20.4. The van der Waals surface area contributed by atoms with Gasteiger partial charge >= 0.3 is 0 Å². The van der Waals surface area contributed by atoms with E-state index in [0.29, 0.717) is 19.7 Å². The van der Waals surface area contributed by atoms with Crippen LogP contribution in [0.5, 0.6) is 5.75 Å². The highest BCUT2D eigenvalue weighted by atomic mass is 32.2. The van der Waals surface area contributed by atoms with E-state index in [-0.39, 0.29) is 11.3 Å². The molecule has 2 N–H and O–H groups in total. The minimum atomic E-state index is -4.07. The third kappa shape index (κ3) is 9.50. The predicted molar refractivity (Wildman–Crippen MR) is 134 cm³/mol. The molecule has 35 heavy (non-hydrogen) atoms. The van der Waals surface area contributed by atoms with Crippen LogP contribution in [0.2, 0.25) is 0 Å². The van der Waals surface area contributed by atoms with Gasteiger partial charge in [0.15, 0.2) is 0 Å². The molecule has 0 aliphatic carbocycles. The normalized spacial score (nSPS) is 11.2. The van der Waals surface area contributed by atoms with Crippen molar-refractivity contribution in [3.05, 3.63) is 95.8 Å². The Labute approximate surface area is 206 Å². The van der Waals surface area contributed by atoms with Gasteiger partial charge in [-0.1, -0.05) is 48.5 Å². The van der Waals surface area contributed by atoms with Crippen molar-refractivity contribution in [1.29, 1.82) is 0 Å². The van der Waals surface area contributed by atoms with Crippen molar-refractivity contribution in [3.63, 3.8) is 0 Å². The SMILES string of the molecule is O=C(CCNCCCc1ccc(OCCCc2ccccc2)cc1)NS(=O)(=O)c1cccc(F)c1. The number of aryl methyl sites for hydroxylation is 2. The Bertz CT molecular complexity index is 1170. The van der Waals surface area contributed by atoms with E-state index in [1.165, 1.54) is 23.3 Å². The maximum Gasteiger partial charge on any atom is 0.264 e. The zero-order chi connectivity index (χ0) is 24.9. The van der Waals surface area contributed by atoms with Crippen molar-refractivity contribution in [3.8, 4) is 5.75 Å². The molecule has 0 heterocycles. The highest BCUT2D eigenvalue weighted by Gasteiger charge is 2.17. The first kappa shape index (κ1) is 26.4. The molecule has 0 aromatic heterocycles. The van der Waals surface area contributed by atoms with E-state index in [2.05, 4.69) is 29.6 Å². The third-order valence-corrected chi connectivity index (χ3v) is 6.72. The minimum absolute atomic E-state index is 0.00482. The molecule has 0 radical (unpaired) electrons. The summed E-state index contributed by atoms with van der Waals surface area (Å²) in [5, 5.41) is 3.14. The topological polar surface area (TPSA) is 84.5 Å². The van der Waals surface area contributed by atoms with Crippen molar-refractivity contribution in [2.75, 3.05) is 19.7 Å². The van der Waals surface area contributed by atoms with Gasteiger partial charge in [-0.3, -0.25) is 4.79 Å². The number of carbonyl (C=O) groups excluding carboxylic acids is 1. The van der Waals surface area contributed by atoms with Gasteiger partial charge in [0.2, 0.25) is 5.91 Å². The first-order valence-electron chi connectivity index (χ1n) is 11.7. The summed E-state index contributed by atoms with van der Waals surface area (Å²) in [5.74, 6) is -0.455. The van der Waals surface area contributed by atoms with Crippen molar-refractivity contribution >= 4 is 15.9 Å². The Morgan fingerprint density at radius 1 is 0.829 bits per heavy atom. The second-order valence-electron chi connectivity index (χ2n) is 8.17. The largest absolute Gasteiger partial charge is 0.494 e. The fourth-order valence-electron chi connectivity index (χ4n) is 3.50. The first-order chi connectivity index (χ1) is 16.9. The van der Waals surface area contributed by atoms with Crippen LogP contribution in [0.15, 0.2) is 83.8 Å². The molecule has 0 aliphatic heterocycles. The van der Waals surface area contributed by atoms with Gasteiger partial charge in [-0.15, -0.1) is 0 Å². The van der Waals surface area contributed by atoms with Crippen LogP contribution in [0.4, 0.5) is 4.39 Å². The molecule has 0 aliphatic rings. The number of hydrogen-bond donors (Lipinski definition) is 2. The lowest BCUT2D eigenvalue weighted by Crippen LogP contribution is -2.33. The van der Waals surface area contributed by atoms with E-state index >= 15 is 0 Å². The number of hydrogen-bond acceptors (Lipinski definition) is 5. The summed E-state index contributed by atoms with van der Waals surface area (Å²) >= 11 is 0. The van der Waals surface area contributed by atoms with Crippen LogP contribution in [0.25, 0.3) is 0 Å². The number of halogens is 1. The second-order valence-corrected chi connectivity index (χ2v) is 9.85. The molecule has 0 atom stereocenters. The summed E-state index contributed by atoms with van der Waals surface area (Å²) in [4.78, 5) is 11.7. The highest BCUT2D eigenvalue weighted by molar-refractivity contribution is 7.90. The first-order valence-corrected chi connectivity index (χ1v) is 13.2. The van der Waals surface area contributed by atoms with Crippen LogP contribution in [-0.4, -0.2) is 34.0 Å². The van der Waals surface area contributed by atoms with Crippen LogP contribution < -0.4 is 14.8 Å². The fraction of sp³-hybridized carbons (Fsp3) is 0.296. The van der Waals surface area contributed by atoms with Gasteiger partial charge in [-0.2, -0.15) is 0 Å². The maximum atomic E-state index is 13.2. The molecule has 0 unspecified atom stereocenters.